The Morgan fingerprint density at radius 1 is 1.04 bits per heavy atom. The summed E-state index contributed by atoms with van der Waals surface area (Å²) in [4.78, 5) is 33.3. The van der Waals surface area contributed by atoms with Crippen molar-refractivity contribution in [3.8, 4) is 17.2 Å². The van der Waals surface area contributed by atoms with Crippen LogP contribution >= 0.6 is 0 Å². The van der Waals surface area contributed by atoms with Crippen LogP contribution in [0.3, 0.4) is 0 Å². The first-order valence-corrected chi connectivity index (χ1v) is 8.43. The summed E-state index contributed by atoms with van der Waals surface area (Å²) < 4.78 is 11.0. The Morgan fingerprint density at radius 3 is 2.71 bits per heavy atom. The number of hydrogen-bond donors (Lipinski definition) is 3. The van der Waals surface area contributed by atoms with E-state index in [9.17, 15) is 9.59 Å². The molecule has 0 aliphatic heterocycles. The van der Waals surface area contributed by atoms with E-state index in [1.807, 2.05) is 0 Å². The van der Waals surface area contributed by atoms with Crippen molar-refractivity contribution >= 4 is 22.8 Å². The highest BCUT2D eigenvalue weighted by molar-refractivity contribution is 6.04. The van der Waals surface area contributed by atoms with Crippen molar-refractivity contribution < 1.29 is 14.3 Å². The number of nitrogens with one attached hydrogen (secondary N) is 3. The van der Waals surface area contributed by atoms with Crippen LogP contribution in [0.4, 0.5) is 5.69 Å². The number of hydrogen-bond acceptors (Lipinski definition) is 5. The van der Waals surface area contributed by atoms with Crippen molar-refractivity contribution in [1.82, 2.24) is 15.0 Å². The average Bonchev–Trinajstić information content (AvgIpc) is 3.09. The van der Waals surface area contributed by atoms with Crippen LogP contribution in [0.2, 0.25) is 0 Å². The van der Waals surface area contributed by atoms with Gasteiger partial charge in [-0.1, -0.05) is 12.1 Å². The van der Waals surface area contributed by atoms with E-state index in [4.69, 9.17) is 9.47 Å². The van der Waals surface area contributed by atoms with Gasteiger partial charge < -0.3 is 19.8 Å². The number of pyridine rings is 1. The number of nitrogens with zero attached hydrogens (tertiary/aromatic N) is 1. The molecule has 140 valence electrons. The predicted octanol–water partition coefficient (Wildman–Crippen LogP) is 3.30. The minimum atomic E-state index is -0.363. The first kappa shape index (κ1) is 17.3. The van der Waals surface area contributed by atoms with Crippen LogP contribution in [0, 0.1) is 0 Å². The van der Waals surface area contributed by atoms with Gasteiger partial charge in [0, 0.05) is 29.6 Å². The molecule has 0 saturated heterocycles. The molecule has 1 amide bonds. The molecule has 0 unspecified atom stereocenters. The summed E-state index contributed by atoms with van der Waals surface area (Å²) in [6.07, 6.45) is 1.54. The van der Waals surface area contributed by atoms with Gasteiger partial charge in [-0.2, -0.15) is 0 Å². The SMILES string of the molecule is COc1cccc(C(=O)Nc2cccc(Oc3ccnc4[nH]c(=O)[nH]c34)c2)c1. The van der Waals surface area contributed by atoms with Gasteiger partial charge in [-0.3, -0.25) is 9.78 Å². The number of imidazole rings is 1. The molecule has 0 atom stereocenters. The maximum absolute atomic E-state index is 12.5. The summed E-state index contributed by atoms with van der Waals surface area (Å²) in [5.41, 5.74) is 1.56. The molecule has 4 rings (SSSR count). The number of ether oxygens (including phenoxy) is 2. The maximum atomic E-state index is 12.5. The minimum Gasteiger partial charge on any atom is -0.497 e. The van der Waals surface area contributed by atoms with Crippen molar-refractivity contribution in [2.24, 2.45) is 0 Å². The molecule has 0 bridgehead atoms. The van der Waals surface area contributed by atoms with Gasteiger partial charge in [0.15, 0.2) is 11.4 Å². The van der Waals surface area contributed by atoms with Gasteiger partial charge in [-0.25, -0.2) is 9.78 Å². The molecule has 2 aromatic carbocycles. The second kappa shape index (κ2) is 7.28. The van der Waals surface area contributed by atoms with Gasteiger partial charge in [0.2, 0.25) is 0 Å². The van der Waals surface area contributed by atoms with Gasteiger partial charge in [-0.15, -0.1) is 0 Å². The Morgan fingerprint density at radius 2 is 1.86 bits per heavy atom. The summed E-state index contributed by atoms with van der Waals surface area (Å²) in [6.45, 7) is 0. The first-order valence-electron chi connectivity index (χ1n) is 8.43. The van der Waals surface area contributed by atoms with Gasteiger partial charge >= 0.3 is 5.69 Å². The Kier molecular flexibility index (Phi) is 4.51. The predicted molar refractivity (Wildman–Crippen MR) is 104 cm³/mol. The molecule has 0 spiro atoms. The van der Waals surface area contributed by atoms with E-state index < -0.39 is 0 Å². The van der Waals surface area contributed by atoms with E-state index >= 15 is 0 Å². The van der Waals surface area contributed by atoms with Crippen molar-refractivity contribution in [3.63, 3.8) is 0 Å². The zero-order valence-electron chi connectivity index (χ0n) is 14.9. The fourth-order valence-corrected chi connectivity index (χ4v) is 2.73. The highest BCUT2D eigenvalue weighted by Crippen LogP contribution is 2.28. The monoisotopic (exact) mass is 376 g/mol. The van der Waals surface area contributed by atoms with Crippen LogP contribution in [0.1, 0.15) is 10.4 Å². The minimum absolute atomic E-state index is 0.266. The van der Waals surface area contributed by atoms with Crippen LogP contribution in [0.5, 0.6) is 17.2 Å². The summed E-state index contributed by atoms with van der Waals surface area (Å²) >= 11 is 0. The first-order chi connectivity index (χ1) is 13.6. The van der Waals surface area contributed by atoms with E-state index in [-0.39, 0.29) is 11.6 Å². The zero-order chi connectivity index (χ0) is 19.5. The number of aromatic nitrogens is 3. The highest BCUT2D eigenvalue weighted by atomic mass is 16.5. The number of H-pyrrole nitrogens is 2. The quantitative estimate of drug-likeness (QED) is 0.495. The average molecular weight is 376 g/mol. The molecule has 3 N–H and O–H groups in total. The molecule has 0 fully saturated rings. The van der Waals surface area contributed by atoms with Gasteiger partial charge in [-0.05, 0) is 30.3 Å². The van der Waals surface area contributed by atoms with Crippen LogP contribution in [0.25, 0.3) is 11.2 Å². The van der Waals surface area contributed by atoms with E-state index in [1.165, 1.54) is 6.20 Å². The molecule has 8 heteroatoms. The fraction of sp³-hybridized carbons (Fsp3) is 0.0500. The molecule has 4 aromatic rings. The van der Waals surface area contributed by atoms with E-state index in [0.29, 0.717) is 39.7 Å². The molecule has 0 radical (unpaired) electrons. The van der Waals surface area contributed by atoms with Gasteiger partial charge in [0.05, 0.1) is 7.11 Å². The summed E-state index contributed by atoms with van der Waals surface area (Å²) in [5, 5.41) is 2.83. The maximum Gasteiger partial charge on any atom is 0.325 e. The number of fused-ring (bicyclic) bond motifs is 1. The lowest BCUT2D eigenvalue weighted by atomic mass is 10.2. The third kappa shape index (κ3) is 3.56. The lowest BCUT2D eigenvalue weighted by Gasteiger charge is -2.10. The Balaban J connectivity index is 1.55. The second-order valence-corrected chi connectivity index (χ2v) is 5.93. The highest BCUT2D eigenvalue weighted by Gasteiger charge is 2.10. The Hall–Kier alpha value is -4.07. The molecular weight excluding hydrogens is 360 g/mol. The molecular formula is C20H16N4O4. The summed E-state index contributed by atoms with van der Waals surface area (Å²) in [7, 11) is 1.55. The van der Waals surface area contributed by atoms with Gasteiger partial charge in [0.1, 0.15) is 17.0 Å². The summed E-state index contributed by atoms with van der Waals surface area (Å²) in [6, 6.07) is 15.5. The summed E-state index contributed by atoms with van der Waals surface area (Å²) in [5.74, 6) is 1.28. The molecule has 2 heterocycles. The number of benzene rings is 2. The smallest absolute Gasteiger partial charge is 0.325 e. The van der Waals surface area contributed by atoms with Gasteiger partial charge in [0.25, 0.3) is 5.91 Å². The van der Waals surface area contributed by atoms with E-state index in [0.717, 1.165) is 0 Å². The molecule has 0 aliphatic carbocycles. The molecule has 28 heavy (non-hydrogen) atoms. The number of aromatic amines is 2. The normalized spacial score (nSPS) is 10.6. The van der Waals surface area contributed by atoms with Crippen molar-refractivity contribution in [2.45, 2.75) is 0 Å². The van der Waals surface area contributed by atoms with E-state index in [1.54, 1.807) is 61.7 Å². The molecule has 8 nitrogen and oxygen atoms in total. The number of rotatable bonds is 5. The Labute approximate surface area is 159 Å². The Bertz CT molecular complexity index is 1210. The molecule has 2 aromatic heterocycles. The van der Waals surface area contributed by atoms with Crippen molar-refractivity contribution in [2.75, 3.05) is 12.4 Å². The number of methoxy groups -OCH3 is 1. The zero-order valence-corrected chi connectivity index (χ0v) is 14.9. The number of amides is 1. The van der Waals surface area contributed by atoms with Crippen LogP contribution in [-0.2, 0) is 0 Å². The number of carbonyl (C=O) groups is 1. The third-order valence-electron chi connectivity index (χ3n) is 4.03. The largest absolute Gasteiger partial charge is 0.497 e. The number of carbonyl (C=O) groups excluding carboxylic acids is 1. The van der Waals surface area contributed by atoms with Crippen LogP contribution < -0.4 is 20.5 Å². The van der Waals surface area contributed by atoms with Crippen LogP contribution in [0.15, 0.2) is 65.6 Å². The lowest BCUT2D eigenvalue weighted by molar-refractivity contribution is 0.102. The van der Waals surface area contributed by atoms with Crippen LogP contribution in [-0.4, -0.2) is 28.0 Å². The standard InChI is InChI=1S/C20H16N4O4/c1-27-14-6-2-4-12(10-14)19(25)22-13-5-3-7-15(11-13)28-16-8-9-21-18-17(16)23-20(26)24-18/h2-11H,1H3,(H,22,25)(H2,21,23,24,26). The third-order valence-corrected chi connectivity index (χ3v) is 4.03. The topological polar surface area (TPSA) is 109 Å². The molecule has 0 aliphatic rings. The fourth-order valence-electron chi connectivity index (χ4n) is 2.73. The second-order valence-electron chi connectivity index (χ2n) is 5.93. The van der Waals surface area contributed by atoms with Crippen molar-refractivity contribution in [1.29, 1.82) is 0 Å². The van der Waals surface area contributed by atoms with Crippen molar-refractivity contribution in [3.05, 3.63) is 76.8 Å². The number of anilines is 1. The van der Waals surface area contributed by atoms with E-state index in [2.05, 4.69) is 20.3 Å². The lowest BCUT2D eigenvalue weighted by Crippen LogP contribution is -2.11. The molecule has 0 saturated carbocycles.